The van der Waals surface area contributed by atoms with E-state index in [0.29, 0.717) is 6.42 Å². The van der Waals surface area contributed by atoms with Gasteiger partial charge in [0.05, 0.1) is 11.4 Å². The molecular weight excluding hydrogens is 326 g/mol. The summed E-state index contributed by atoms with van der Waals surface area (Å²) in [5.74, 6) is 0.274. The average Bonchev–Trinajstić information content (AvgIpc) is 2.65. The van der Waals surface area contributed by atoms with Crippen molar-refractivity contribution < 1.29 is 4.79 Å². The van der Waals surface area contributed by atoms with Crippen LogP contribution in [0.25, 0.3) is 0 Å². The minimum absolute atomic E-state index is 0.274. The lowest BCUT2D eigenvalue weighted by atomic mass is 10.0. The number of fused-ring (bicyclic) bond motifs is 2. The molecule has 0 radical (unpaired) electrons. The first-order valence-electron chi connectivity index (χ1n) is 9.49. The summed E-state index contributed by atoms with van der Waals surface area (Å²) < 4.78 is 0. The lowest BCUT2D eigenvalue weighted by molar-refractivity contribution is 0.0979. The molecule has 0 spiro atoms. The van der Waals surface area contributed by atoms with Crippen LogP contribution in [0.4, 0.5) is 11.4 Å². The van der Waals surface area contributed by atoms with Gasteiger partial charge in [-0.05, 0) is 36.8 Å². The molecule has 1 heterocycles. The Bertz CT molecular complexity index is 726. The van der Waals surface area contributed by atoms with Gasteiger partial charge in [0.1, 0.15) is 0 Å². The Morgan fingerprint density at radius 1 is 0.880 bits per heavy atom. The Morgan fingerprint density at radius 2 is 1.60 bits per heavy atom. The molecule has 1 aliphatic heterocycles. The second-order valence-electron chi connectivity index (χ2n) is 6.73. The summed E-state index contributed by atoms with van der Waals surface area (Å²) in [5.41, 5.74) is 3.08. The second-order valence-corrected chi connectivity index (χ2v) is 7.81. The number of carbonyl (C=O) groups excluding carboxylic acids is 1. The van der Waals surface area contributed by atoms with Gasteiger partial charge in [0.25, 0.3) is 0 Å². The standard InChI is InChI=1S/C22H27NOS/c1-2-3-4-5-6-7-8-12-20(24)17-14-15-19-22(16-17)25-21-13-10-9-11-18(21)23-19/h9-11,13-16,23H,2-8,12H2,1H3. The van der Waals surface area contributed by atoms with Crippen molar-refractivity contribution in [2.75, 3.05) is 5.32 Å². The van der Waals surface area contributed by atoms with Crippen molar-refractivity contribution in [1.29, 1.82) is 0 Å². The fourth-order valence-corrected chi connectivity index (χ4v) is 4.22. The highest BCUT2D eigenvalue weighted by Crippen LogP contribution is 2.44. The van der Waals surface area contributed by atoms with Gasteiger partial charge in [-0.15, -0.1) is 0 Å². The third-order valence-electron chi connectivity index (χ3n) is 4.69. The smallest absolute Gasteiger partial charge is 0.162 e. The number of hydrogen-bond acceptors (Lipinski definition) is 3. The maximum Gasteiger partial charge on any atom is 0.162 e. The molecule has 1 aliphatic rings. The predicted octanol–water partition coefficient (Wildman–Crippen LogP) is 7.22. The molecule has 3 heteroatoms. The normalized spacial score (nSPS) is 12.2. The lowest BCUT2D eigenvalue weighted by Gasteiger charge is -2.21. The maximum atomic E-state index is 12.5. The molecule has 132 valence electrons. The first-order chi connectivity index (χ1) is 12.3. The molecule has 1 N–H and O–H groups in total. The van der Waals surface area contributed by atoms with E-state index in [2.05, 4.69) is 24.4 Å². The number of rotatable bonds is 9. The maximum absolute atomic E-state index is 12.5. The minimum Gasteiger partial charge on any atom is -0.354 e. The van der Waals surface area contributed by atoms with Gasteiger partial charge < -0.3 is 5.32 Å². The number of benzene rings is 2. The molecule has 0 atom stereocenters. The number of Topliss-reactive ketones (excluding diaryl/α,β-unsaturated/α-hetero) is 1. The fraction of sp³-hybridized carbons (Fsp3) is 0.409. The van der Waals surface area contributed by atoms with Crippen LogP contribution in [0.1, 0.15) is 68.6 Å². The summed E-state index contributed by atoms with van der Waals surface area (Å²) in [6, 6.07) is 14.3. The van der Waals surface area contributed by atoms with Crippen molar-refractivity contribution in [3.8, 4) is 0 Å². The number of nitrogens with one attached hydrogen (secondary N) is 1. The Kier molecular flexibility index (Phi) is 6.57. The Labute approximate surface area is 155 Å². The molecule has 0 saturated carbocycles. The zero-order valence-corrected chi connectivity index (χ0v) is 15.8. The van der Waals surface area contributed by atoms with Crippen molar-refractivity contribution in [3.63, 3.8) is 0 Å². The van der Waals surface area contributed by atoms with Crippen molar-refractivity contribution in [2.24, 2.45) is 0 Å². The molecule has 0 amide bonds. The topological polar surface area (TPSA) is 29.1 Å². The number of anilines is 2. The van der Waals surface area contributed by atoms with Crippen molar-refractivity contribution in [3.05, 3.63) is 48.0 Å². The van der Waals surface area contributed by atoms with E-state index in [0.717, 1.165) is 28.3 Å². The second kappa shape index (κ2) is 9.10. The number of carbonyl (C=O) groups is 1. The monoisotopic (exact) mass is 353 g/mol. The van der Waals surface area contributed by atoms with Crippen LogP contribution in [0, 0.1) is 0 Å². The zero-order valence-electron chi connectivity index (χ0n) is 15.0. The molecule has 2 nitrogen and oxygen atoms in total. The van der Waals surface area contributed by atoms with E-state index in [1.54, 1.807) is 11.8 Å². The Balaban J connectivity index is 1.51. The molecule has 0 fully saturated rings. The van der Waals surface area contributed by atoms with E-state index in [4.69, 9.17) is 0 Å². The van der Waals surface area contributed by atoms with Crippen LogP contribution in [0.3, 0.4) is 0 Å². The quantitative estimate of drug-likeness (QED) is 0.325. The number of unbranched alkanes of at least 4 members (excludes halogenated alkanes) is 6. The third-order valence-corrected chi connectivity index (χ3v) is 5.82. The van der Waals surface area contributed by atoms with Gasteiger partial charge in [0.2, 0.25) is 0 Å². The van der Waals surface area contributed by atoms with Gasteiger partial charge in [0, 0.05) is 21.8 Å². The SMILES string of the molecule is CCCCCCCCCC(=O)c1ccc2c(c1)Sc1ccccc1N2. The molecule has 0 aliphatic carbocycles. The molecule has 0 unspecified atom stereocenters. The Morgan fingerprint density at radius 3 is 2.44 bits per heavy atom. The highest BCUT2D eigenvalue weighted by molar-refractivity contribution is 7.99. The van der Waals surface area contributed by atoms with E-state index in [-0.39, 0.29) is 5.78 Å². The van der Waals surface area contributed by atoms with E-state index in [1.165, 1.54) is 43.4 Å². The van der Waals surface area contributed by atoms with Gasteiger partial charge in [-0.1, -0.05) is 69.3 Å². The molecular formula is C22H27NOS. The first kappa shape index (κ1) is 18.1. The van der Waals surface area contributed by atoms with Crippen LogP contribution in [0.5, 0.6) is 0 Å². The van der Waals surface area contributed by atoms with E-state index < -0.39 is 0 Å². The van der Waals surface area contributed by atoms with Crippen LogP contribution in [0.2, 0.25) is 0 Å². The van der Waals surface area contributed by atoms with Gasteiger partial charge in [-0.2, -0.15) is 0 Å². The highest BCUT2D eigenvalue weighted by atomic mass is 32.2. The van der Waals surface area contributed by atoms with Gasteiger partial charge >= 0.3 is 0 Å². The molecule has 0 aromatic heterocycles. The van der Waals surface area contributed by atoms with Crippen LogP contribution < -0.4 is 5.32 Å². The lowest BCUT2D eigenvalue weighted by Crippen LogP contribution is -2.03. The van der Waals surface area contributed by atoms with Gasteiger partial charge in [0.15, 0.2) is 5.78 Å². The zero-order chi connectivity index (χ0) is 17.5. The molecule has 2 aromatic carbocycles. The molecule has 0 bridgehead atoms. The molecule has 3 rings (SSSR count). The summed E-state index contributed by atoms with van der Waals surface area (Å²) in [5, 5.41) is 3.45. The number of hydrogen-bond donors (Lipinski definition) is 1. The highest BCUT2D eigenvalue weighted by Gasteiger charge is 2.17. The summed E-state index contributed by atoms with van der Waals surface area (Å²) in [4.78, 5) is 14.8. The van der Waals surface area contributed by atoms with Crippen LogP contribution in [0.15, 0.2) is 52.3 Å². The van der Waals surface area contributed by atoms with Gasteiger partial charge in [-0.3, -0.25) is 4.79 Å². The van der Waals surface area contributed by atoms with E-state index in [1.807, 2.05) is 30.3 Å². The summed E-state index contributed by atoms with van der Waals surface area (Å²) in [7, 11) is 0. The van der Waals surface area contributed by atoms with Gasteiger partial charge in [-0.25, -0.2) is 0 Å². The fourth-order valence-electron chi connectivity index (χ4n) is 3.19. The van der Waals surface area contributed by atoms with Crippen molar-refractivity contribution in [1.82, 2.24) is 0 Å². The number of para-hydroxylation sites is 1. The minimum atomic E-state index is 0.274. The molecule has 25 heavy (non-hydrogen) atoms. The number of ketones is 1. The first-order valence-corrected chi connectivity index (χ1v) is 10.3. The van der Waals surface area contributed by atoms with Crippen LogP contribution in [-0.4, -0.2) is 5.78 Å². The average molecular weight is 354 g/mol. The van der Waals surface area contributed by atoms with Crippen LogP contribution in [-0.2, 0) is 0 Å². The van der Waals surface area contributed by atoms with E-state index >= 15 is 0 Å². The van der Waals surface area contributed by atoms with E-state index in [9.17, 15) is 4.79 Å². The van der Waals surface area contributed by atoms with Crippen LogP contribution >= 0.6 is 11.8 Å². The molecule has 0 saturated heterocycles. The summed E-state index contributed by atoms with van der Waals surface area (Å²) in [6.07, 6.45) is 9.37. The molecule has 2 aromatic rings. The largest absolute Gasteiger partial charge is 0.354 e. The van der Waals surface area contributed by atoms with Crippen molar-refractivity contribution in [2.45, 2.75) is 68.1 Å². The van der Waals surface area contributed by atoms with Crippen molar-refractivity contribution >= 4 is 28.9 Å². The third kappa shape index (κ3) is 4.88. The Hall–Kier alpha value is -1.74. The predicted molar refractivity (Wildman–Crippen MR) is 107 cm³/mol. The summed E-state index contributed by atoms with van der Waals surface area (Å²) in [6.45, 7) is 2.24. The summed E-state index contributed by atoms with van der Waals surface area (Å²) >= 11 is 1.74.